The molecule has 0 spiro atoms. The summed E-state index contributed by atoms with van der Waals surface area (Å²) in [6.45, 7) is 1.85. The molecule has 1 amide bonds. The van der Waals surface area contributed by atoms with Crippen LogP contribution in [0.5, 0.6) is 0 Å². The summed E-state index contributed by atoms with van der Waals surface area (Å²) in [6, 6.07) is 13.1. The molecule has 0 aliphatic rings. The van der Waals surface area contributed by atoms with Gasteiger partial charge < -0.3 is 5.32 Å². The molecule has 2 aromatic rings. The Morgan fingerprint density at radius 3 is 2.48 bits per heavy atom. The van der Waals surface area contributed by atoms with Crippen LogP contribution in [0.2, 0.25) is 5.02 Å². The van der Waals surface area contributed by atoms with Crippen molar-refractivity contribution in [2.75, 3.05) is 0 Å². The van der Waals surface area contributed by atoms with Crippen molar-refractivity contribution >= 4 is 23.2 Å². The molecular formula is C15H13ClN2O3. The van der Waals surface area contributed by atoms with E-state index in [4.69, 9.17) is 11.6 Å². The first-order valence-corrected chi connectivity index (χ1v) is 6.66. The minimum absolute atomic E-state index is 0.0574. The van der Waals surface area contributed by atoms with Crippen LogP contribution in [0.1, 0.15) is 28.9 Å². The van der Waals surface area contributed by atoms with Crippen molar-refractivity contribution in [2.45, 2.75) is 13.0 Å². The summed E-state index contributed by atoms with van der Waals surface area (Å²) < 4.78 is 0. The van der Waals surface area contributed by atoms with Crippen molar-refractivity contribution in [1.29, 1.82) is 0 Å². The Balaban J connectivity index is 2.15. The number of carbonyl (C=O) groups excluding carboxylic acids is 1. The van der Waals surface area contributed by atoms with E-state index in [-0.39, 0.29) is 28.2 Å². The lowest BCUT2D eigenvalue weighted by molar-refractivity contribution is -0.384. The molecule has 108 valence electrons. The topological polar surface area (TPSA) is 72.2 Å². The minimum atomic E-state index is -0.555. The second-order valence-corrected chi connectivity index (χ2v) is 4.93. The number of nitrogens with one attached hydrogen (secondary N) is 1. The Labute approximate surface area is 126 Å². The van der Waals surface area contributed by atoms with Gasteiger partial charge in [-0.1, -0.05) is 41.9 Å². The number of benzene rings is 2. The molecule has 6 heteroatoms. The Morgan fingerprint density at radius 2 is 1.90 bits per heavy atom. The van der Waals surface area contributed by atoms with E-state index in [2.05, 4.69) is 5.32 Å². The number of rotatable bonds is 4. The molecule has 1 atom stereocenters. The smallest absolute Gasteiger partial charge is 0.270 e. The van der Waals surface area contributed by atoms with Crippen molar-refractivity contribution < 1.29 is 9.72 Å². The van der Waals surface area contributed by atoms with Crippen molar-refractivity contribution in [3.8, 4) is 0 Å². The molecule has 0 saturated heterocycles. The number of carbonyl (C=O) groups is 1. The summed E-state index contributed by atoms with van der Waals surface area (Å²) >= 11 is 5.93. The summed E-state index contributed by atoms with van der Waals surface area (Å²) in [5.74, 6) is -0.369. The number of hydrogen-bond acceptors (Lipinski definition) is 3. The van der Waals surface area contributed by atoms with Crippen molar-refractivity contribution in [1.82, 2.24) is 5.32 Å². The first-order valence-electron chi connectivity index (χ1n) is 6.29. The van der Waals surface area contributed by atoms with Crippen LogP contribution in [-0.4, -0.2) is 10.8 Å². The third-order valence-electron chi connectivity index (χ3n) is 3.06. The fourth-order valence-electron chi connectivity index (χ4n) is 1.90. The van der Waals surface area contributed by atoms with Gasteiger partial charge in [-0.15, -0.1) is 0 Å². The van der Waals surface area contributed by atoms with Crippen molar-refractivity contribution in [2.24, 2.45) is 0 Å². The molecule has 0 saturated carbocycles. The van der Waals surface area contributed by atoms with Gasteiger partial charge in [0.1, 0.15) is 0 Å². The van der Waals surface area contributed by atoms with Crippen LogP contribution in [0.3, 0.4) is 0 Å². The molecule has 0 aliphatic carbocycles. The Bertz CT molecular complexity index is 674. The van der Waals surface area contributed by atoms with Crippen LogP contribution in [-0.2, 0) is 0 Å². The third kappa shape index (κ3) is 3.58. The predicted molar refractivity (Wildman–Crippen MR) is 80.4 cm³/mol. The van der Waals surface area contributed by atoms with E-state index in [1.165, 1.54) is 18.2 Å². The van der Waals surface area contributed by atoms with Gasteiger partial charge in [0.2, 0.25) is 0 Å². The van der Waals surface area contributed by atoms with Gasteiger partial charge in [0.05, 0.1) is 21.6 Å². The molecule has 1 N–H and O–H groups in total. The largest absolute Gasteiger partial charge is 0.345 e. The SMILES string of the molecule is C[C@@H](NC(=O)c1ccc([N+](=O)[O-])cc1Cl)c1ccccc1. The number of nitro groups is 1. The molecule has 0 unspecified atom stereocenters. The van der Waals surface area contributed by atoms with E-state index in [9.17, 15) is 14.9 Å². The van der Waals surface area contributed by atoms with Crippen LogP contribution >= 0.6 is 11.6 Å². The molecule has 0 bridgehead atoms. The number of nitro benzene ring substituents is 1. The first-order chi connectivity index (χ1) is 9.99. The molecular weight excluding hydrogens is 292 g/mol. The Hall–Kier alpha value is -2.40. The van der Waals surface area contributed by atoms with Gasteiger partial charge in [0, 0.05) is 12.1 Å². The number of amides is 1. The van der Waals surface area contributed by atoms with Gasteiger partial charge in [-0.05, 0) is 18.6 Å². The zero-order valence-corrected chi connectivity index (χ0v) is 12.0. The molecule has 0 radical (unpaired) electrons. The monoisotopic (exact) mass is 304 g/mol. The summed E-state index contributed by atoms with van der Waals surface area (Å²) in [7, 11) is 0. The maximum absolute atomic E-state index is 12.2. The molecule has 2 aromatic carbocycles. The molecule has 0 heterocycles. The summed E-state index contributed by atoms with van der Waals surface area (Å²) in [5, 5.41) is 13.5. The minimum Gasteiger partial charge on any atom is -0.345 e. The van der Waals surface area contributed by atoms with E-state index < -0.39 is 4.92 Å². The molecule has 0 aromatic heterocycles. The highest BCUT2D eigenvalue weighted by molar-refractivity contribution is 6.34. The highest BCUT2D eigenvalue weighted by atomic mass is 35.5. The molecule has 2 rings (SSSR count). The normalized spacial score (nSPS) is 11.7. The van der Waals surface area contributed by atoms with Crippen molar-refractivity contribution in [3.05, 3.63) is 74.8 Å². The van der Waals surface area contributed by atoms with Gasteiger partial charge in [-0.25, -0.2) is 0 Å². The maximum atomic E-state index is 12.2. The highest BCUT2D eigenvalue weighted by Gasteiger charge is 2.17. The summed E-state index contributed by atoms with van der Waals surface area (Å²) in [6.07, 6.45) is 0. The zero-order chi connectivity index (χ0) is 15.4. The lowest BCUT2D eigenvalue weighted by Crippen LogP contribution is -2.26. The van der Waals surface area contributed by atoms with E-state index in [0.717, 1.165) is 5.56 Å². The second-order valence-electron chi connectivity index (χ2n) is 4.53. The Morgan fingerprint density at radius 1 is 1.24 bits per heavy atom. The fourth-order valence-corrected chi connectivity index (χ4v) is 2.16. The zero-order valence-electron chi connectivity index (χ0n) is 11.2. The fraction of sp³-hybridized carbons (Fsp3) is 0.133. The average Bonchev–Trinajstić information content (AvgIpc) is 2.47. The molecule has 21 heavy (non-hydrogen) atoms. The van der Waals surface area contributed by atoms with E-state index >= 15 is 0 Å². The quantitative estimate of drug-likeness (QED) is 0.691. The predicted octanol–water partition coefficient (Wildman–Crippen LogP) is 3.74. The summed E-state index contributed by atoms with van der Waals surface area (Å²) in [4.78, 5) is 22.3. The lowest BCUT2D eigenvalue weighted by Gasteiger charge is -2.14. The Kier molecular flexibility index (Phi) is 4.55. The molecule has 0 fully saturated rings. The average molecular weight is 305 g/mol. The number of halogens is 1. The van der Waals surface area contributed by atoms with E-state index in [1.807, 2.05) is 37.3 Å². The van der Waals surface area contributed by atoms with Crippen LogP contribution in [0.25, 0.3) is 0 Å². The number of non-ortho nitro benzene ring substituents is 1. The van der Waals surface area contributed by atoms with Gasteiger partial charge in [-0.2, -0.15) is 0 Å². The second kappa shape index (κ2) is 6.37. The molecule has 0 aliphatic heterocycles. The van der Waals surface area contributed by atoms with E-state index in [0.29, 0.717) is 0 Å². The van der Waals surface area contributed by atoms with Crippen molar-refractivity contribution in [3.63, 3.8) is 0 Å². The summed E-state index contributed by atoms with van der Waals surface area (Å²) in [5.41, 5.74) is 1.03. The van der Waals surface area contributed by atoms with Gasteiger partial charge >= 0.3 is 0 Å². The van der Waals surface area contributed by atoms with Crippen LogP contribution in [0.4, 0.5) is 5.69 Å². The van der Waals surface area contributed by atoms with Crippen LogP contribution in [0.15, 0.2) is 48.5 Å². The lowest BCUT2D eigenvalue weighted by atomic mass is 10.1. The number of hydrogen-bond donors (Lipinski definition) is 1. The standard InChI is InChI=1S/C15H13ClN2O3/c1-10(11-5-3-2-4-6-11)17-15(19)13-8-7-12(18(20)21)9-14(13)16/h2-10H,1H3,(H,17,19)/t10-/m1/s1. The van der Waals surface area contributed by atoms with Gasteiger partial charge in [0.25, 0.3) is 11.6 Å². The highest BCUT2D eigenvalue weighted by Crippen LogP contribution is 2.23. The van der Waals surface area contributed by atoms with Gasteiger partial charge in [-0.3, -0.25) is 14.9 Å². The van der Waals surface area contributed by atoms with Crippen LogP contribution in [0, 0.1) is 10.1 Å². The maximum Gasteiger partial charge on any atom is 0.270 e. The van der Waals surface area contributed by atoms with E-state index in [1.54, 1.807) is 0 Å². The third-order valence-corrected chi connectivity index (χ3v) is 3.37. The van der Waals surface area contributed by atoms with Gasteiger partial charge in [0.15, 0.2) is 0 Å². The number of nitrogens with zero attached hydrogens (tertiary/aromatic N) is 1. The first kappa shape index (κ1) is 15.0. The molecule has 5 nitrogen and oxygen atoms in total. The van der Waals surface area contributed by atoms with Crippen LogP contribution < -0.4 is 5.32 Å².